The molecule has 1 aromatic carbocycles. The highest BCUT2D eigenvalue weighted by Gasteiger charge is 2.31. The molecule has 21 heavy (non-hydrogen) atoms. The molecule has 1 aromatic rings. The maximum Gasteiger partial charge on any atom is 0.247 e. The third-order valence-electron chi connectivity index (χ3n) is 3.72. The fraction of sp³-hybridized carbons (Fsp3) is 0.467. The van der Waals surface area contributed by atoms with Crippen molar-refractivity contribution in [2.75, 3.05) is 5.32 Å². The van der Waals surface area contributed by atoms with E-state index in [1.54, 1.807) is 6.07 Å². The van der Waals surface area contributed by atoms with Gasteiger partial charge in [-0.1, -0.05) is 30.5 Å². The molecule has 2 N–H and O–H groups in total. The lowest BCUT2D eigenvalue weighted by molar-refractivity contribution is -0.126. The molecule has 0 saturated heterocycles. The summed E-state index contributed by atoms with van der Waals surface area (Å²) in [6.45, 7) is 1.37. The average molecular weight is 313 g/mol. The quantitative estimate of drug-likeness (QED) is 0.897. The Labute approximate surface area is 128 Å². The summed E-state index contributed by atoms with van der Waals surface area (Å²) in [6.07, 6.45) is 3.85. The number of nitrogens with one attached hydrogen (secondary N) is 2. The van der Waals surface area contributed by atoms with Gasteiger partial charge in [0.2, 0.25) is 11.8 Å². The molecule has 0 radical (unpaired) electrons. The lowest BCUT2D eigenvalue weighted by atomic mass is 9.97. The smallest absolute Gasteiger partial charge is 0.247 e. The first-order valence-electron chi connectivity index (χ1n) is 7.01. The minimum absolute atomic E-state index is 0.0286. The van der Waals surface area contributed by atoms with Gasteiger partial charge in [-0.25, -0.2) is 4.39 Å². The van der Waals surface area contributed by atoms with Gasteiger partial charge in [-0.2, -0.15) is 0 Å². The number of carbonyl (C=O) groups excluding carboxylic acids is 2. The summed E-state index contributed by atoms with van der Waals surface area (Å²) in [7, 11) is 0. The van der Waals surface area contributed by atoms with E-state index < -0.39 is 17.8 Å². The van der Waals surface area contributed by atoms with E-state index in [4.69, 9.17) is 11.6 Å². The van der Waals surface area contributed by atoms with Gasteiger partial charge in [0.05, 0.1) is 10.7 Å². The standard InChI is InChI=1S/C15H18ClFN2O2/c1-9(20)18-14(10-5-2-3-6-10)15(21)19-12-8-4-7-11(16)13(12)17/h4,7-8,10,14H,2-3,5-6H2,1H3,(H,18,20)(H,19,21)/t14-/m1/s1. The Balaban J connectivity index is 2.14. The Kier molecular flexibility index (Phi) is 5.17. The molecular weight excluding hydrogens is 295 g/mol. The largest absolute Gasteiger partial charge is 0.344 e. The molecule has 1 fully saturated rings. The molecule has 0 aliphatic heterocycles. The van der Waals surface area contributed by atoms with Crippen LogP contribution in [0.3, 0.4) is 0 Å². The number of hydrogen-bond donors (Lipinski definition) is 2. The van der Waals surface area contributed by atoms with E-state index in [1.807, 2.05) is 0 Å². The molecule has 1 saturated carbocycles. The summed E-state index contributed by atoms with van der Waals surface area (Å²) in [5.74, 6) is -1.25. The van der Waals surface area contributed by atoms with Crippen LogP contribution in [0.15, 0.2) is 18.2 Å². The molecule has 2 amide bonds. The van der Waals surface area contributed by atoms with E-state index >= 15 is 0 Å². The molecule has 1 aliphatic rings. The van der Waals surface area contributed by atoms with E-state index in [9.17, 15) is 14.0 Å². The van der Waals surface area contributed by atoms with Crippen molar-refractivity contribution in [3.63, 3.8) is 0 Å². The van der Waals surface area contributed by atoms with Gasteiger partial charge in [0.1, 0.15) is 6.04 Å². The summed E-state index contributed by atoms with van der Waals surface area (Å²) >= 11 is 5.69. The third kappa shape index (κ3) is 3.94. The van der Waals surface area contributed by atoms with E-state index in [0.717, 1.165) is 25.7 Å². The van der Waals surface area contributed by atoms with Gasteiger partial charge in [0.25, 0.3) is 0 Å². The molecule has 0 heterocycles. The number of halogens is 2. The molecule has 6 heteroatoms. The van der Waals surface area contributed by atoms with Crippen molar-refractivity contribution in [1.29, 1.82) is 0 Å². The van der Waals surface area contributed by atoms with Crippen LogP contribution < -0.4 is 10.6 Å². The molecule has 1 aliphatic carbocycles. The Morgan fingerprint density at radius 1 is 1.33 bits per heavy atom. The average Bonchev–Trinajstić information content (AvgIpc) is 2.94. The summed E-state index contributed by atoms with van der Waals surface area (Å²) in [6, 6.07) is 3.78. The first-order chi connectivity index (χ1) is 9.99. The summed E-state index contributed by atoms with van der Waals surface area (Å²) in [5.41, 5.74) is 0.0286. The van der Waals surface area contributed by atoms with Crippen molar-refractivity contribution >= 4 is 29.1 Å². The predicted octanol–water partition coefficient (Wildman–Crippen LogP) is 3.11. The molecule has 0 bridgehead atoms. The zero-order valence-electron chi connectivity index (χ0n) is 11.8. The van der Waals surface area contributed by atoms with Crippen LogP contribution >= 0.6 is 11.6 Å². The summed E-state index contributed by atoms with van der Waals surface area (Å²) in [5, 5.41) is 5.14. The van der Waals surface area contributed by atoms with Crippen LogP contribution in [0.1, 0.15) is 32.6 Å². The van der Waals surface area contributed by atoms with Crippen LogP contribution in [0.4, 0.5) is 10.1 Å². The van der Waals surface area contributed by atoms with Crippen LogP contribution in [-0.2, 0) is 9.59 Å². The van der Waals surface area contributed by atoms with Crippen LogP contribution in [-0.4, -0.2) is 17.9 Å². The van der Waals surface area contributed by atoms with Crippen molar-refractivity contribution in [1.82, 2.24) is 5.32 Å². The minimum atomic E-state index is -0.666. The number of carbonyl (C=O) groups is 2. The Hall–Kier alpha value is -1.62. The highest BCUT2D eigenvalue weighted by molar-refractivity contribution is 6.31. The van der Waals surface area contributed by atoms with Crippen molar-refractivity contribution in [3.8, 4) is 0 Å². The first-order valence-corrected chi connectivity index (χ1v) is 7.39. The predicted molar refractivity (Wildman–Crippen MR) is 79.6 cm³/mol. The summed E-state index contributed by atoms with van der Waals surface area (Å²) in [4.78, 5) is 23.7. The molecule has 0 spiro atoms. The van der Waals surface area contributed by atoms with Crippen molar-refractivity contribution in [2.24, 2.45) is 5.92 Å². The normalized spacial score (nSPS) is 16.5. The lowest BCUT2D eigenvalue weighted by Crippen LogP contribution is -2.47. The van der Waals surface area contributed by atoms with Crippen LogP contribution in [0.25, 0.3) is 0 Å². The first kappa shape index (κ1) is 15.8. The molecule has 1 atom stereocenters. The Morgan fingerprint density at radius 3 is 2.62 bits per heavy atom. The second kappa shape index (κ2) is 6.89. The number of amides is 2. The monoisotopic (exact) mass is 312 g/mol. The van der Waals surface area contributed by atoms with Gasteiger partial charge in [-0.15, -0.1) is 0 Å². The van der Waals surface area contributed by atoms with E-state index in [2.05, 4.69) is 10.6 Å². The zero-order chi connectivity index (χ0) is 15.4. The van der Waals surface area contributed by atoms with Crippen LogP contribution in [0.5, 0.6) is 0 Å². The van der Waals surface area contributed by atoms with Gasteiger partial charge in [-0.05, 0) is 30.9 Å². The van der Waals surface area contributed by atoms with E-state index in [0.29, 0.717) is 0 Å². The second-order valence-corrected chi connectivity index (χ2v) is 5.72. The molecular formula is C15H18ClFN2O2. The third-order valence-corrected chi connectivity index (χ3v) is 4.01. The number of benzene rings is 1. The molecule has 0 aromatic heterocycles. The highest BCUT2D eigenvalue weighted by atomic mass is 35.5. The van der Waals surface area contributed by atoms with Crippen LogP contribution in [0, 0.1) is 11.7 Å². The molecule has 2 rings (SSSR count). The van der Waals surface area contributed by atoms with Crippen molar-refractivity contribution in [3.05, 3.63) is 29.0 Å². The fourth-order valence-electron chi connectivity index (χ4n) is 2.72. The number of hydrogen-bond acceptors (Lipinski definition) is 2. The SMILES string of the molecule is CC(=O)N[C@@H](C(=O)Nc1cccc(Cl)c1F)C1CCCC1. The topological polar surface area (TPSA) is 58.2 Å². The second-order valence-electron chi connectivity index (χ2n) is 5.31. The van der Waals surface area contributed by atoms with Gasteiger partial charge < -0.3 is 10.6 Å². The highest BCUT2D eigenvalue weighted by Crippen LogP contribution is 2.29. The van der Waals surface area contributed by atoms with Crippen molar-refractivity contribution < 1.29 is 14.0 Å². The summed E-state index contributed by atoms with van der Waals surface area (Å²) < 4.78 is 13.8. The minimum Gasteiger partial charge on any atom is -0.344 e. The fourth-order valence-corrected chi connectivity index (χ4v) is 2.89. The molecule has 0 unspecified atom stereocenters. The number of anilines is 1. The van der Waals surface area contributed by atoms with Gasteiger partial charge >= 0.3 is 0 Å². The Morgan fingerprint density at radius 2 is 2.00 bits per heavy atom. The lowest BCUT2D eigenvalue weighted by Gasteiger charge is -2.23. The van der Waals surface area contributed by atoms with Crippen molar-refractivity contribution in [2.45, 2.75) is 38.6 Å². The molecule has 114 valence electrons. The maximum atomic E-state index is 13.8. The molecule has 4 nitrogen and oxygen atoms in total. The van der Waals surface area contributed by atoms with Gasteiger partial charge in [0, 0.05) is 6.92 Å². The van der Waals surface area contributed by atoms with Gasteiger partial charge in [0.15, 0.2) is 5.82 Å². The van der Waals surface area contributed by atoms with Crippen LogP contribution in [0.2, 0.25) is 5.02 Å². The number of rotatable bonds is 4. The zero-order valence-corrected chi connectivity index (χ0v) is 12.5. The van der Waals surface area contributed by atoms with E-state index in [1.165, 1.54) is 19.1 Å². The van der Waals surface area contributed by atoms with Gasteiger partial charge in [-0.3, -0.25) is 9.59 Å². The Bertz CT molecular complexity index is 544. The maximum absolute atomic E-state index is 13.8. The van der Waals surface area contributed by atoms with E-state index in [-0.39, 0.29) is 22.5 Å².